The van der Waals surface area contributed by atoms with Crippen molar-refractivity contribution in [3.8, 4) is 5.75 Å². The van der Waals surface area contributed by atoms with E-state index in [0.29, 0.717) is 17.4 Å². The summed E-state index contributed by atoms with van der Waals surface area (Å²) in [7, 11) is 0. The second-order valence-electron chi connectivity index (χ2n) is 7.58. The number of hydrogen-bond acceptors (Lipinski definition) is 3. The van der Waals surface area contributed by atoms with Crippen molar-refractivity contribution in [2.45, 2.75) is 25.7 Å². The van der Waals surface area contributed by atoms with Crippen molar-refractivity contribution in [3.05, 3.63) is 60.2 Å². The number of likely N-dealkylation sites (tertiary alicyclic amines) is 1. The smallest absolute Gasteiger partial charge is 0.265 e. The van der Waals surface area contributed by atoms with Gasteiger partial charge < -0.3 is 9.64 Å². The average Bonchev–Trinajstić information content (AvgIpc) is 2.75. The maximum absolute atomic E-state index is 12.8. The van der Waals surface area contributed by atoms with Crippen LogP contribution in [0.1, 0.15) is 24.8 Å². The van der Waals surface area contributed by atoms with Crippen molar-refractivity contribution >= 4 is 17.5 Å². The van der Waals surface area contributed by atoms with Gasteiger partial charge in [-0.3, -0.25) is 14.5 Å². The Labute approximate surface area is 165 Å². The largest absolute Gasteiger partial charge is 0.482 e. The molecule has 0 aromatic heterocycles. The number of hydrogen-bond donors (Lipinski definition) is 0. The standard InChI is InChI=1S/C23H26N2O3/c26-22(16-25-20-8-4-5-9-21(20)28-17-23(25)27)24-14-12-19(13-15-24)11-10-18-6-2-1-3-7-18/h1-9,19H,10-17H2. The van der Waals surface area contributed by atoms with Crippen molar-refractivity contribution in [3.63, 3.8) is 0 Å². The molecule has 1 saturated heterocycles. The Balaban J connectivity index is 1.29. The van der Waals surface area contributed by atoms with E-state index >= 15 is 0 Å². The molecule has 28 heavy (non-hydrogen) atoms. The van der Waals surface area contributed by atoms with Gasteiger partial charge in [0.05, 0.1) is 5.69 Å². The number of ether oxygens (including phenoxy) is 1. The fourth-order valence-corrected chi connectivity index (χ4v) is 4.05. The summed E-state index contributed by atoms with van der Waals surface area (Å²) in [5.41, 5.74) is 2.07. The SMILES string of the molecule is O=C(CN1C(=O)COc2ccccc21)N1CCC(CCc2ccccc2)CC1. The molecule has 2 heterocycles. The first-order chi connectivity index (χ1) is 13.7. The molecule has 4 rings (SSSR count). The van der Waals surface area contributed by atoms with E-state index in [2.05, 4.69) is 24.3 Å². The molecule has 2 aliphatic heterocycles. The fourth-order valence-electron chi connectivity index (χ4n) is 4.05. The molecule has 2 aromatic carbocycles. The van der Waals surface area contributed by atoms with Crippen LogP contribution in [-0.2, 0) is 16.0 Å². The van der Waals surface area contributed by atoms with E-state index in [1.165, 1.54) is 12.0 Å². The molecule has 5 nitrogen and oxygen atoms in total. The van der Waals surface area contributed by atoms with Gasteiger partial charge in [-0.25, -0.2) is 0 Å². The van der Waals surface area contributed by atoms with Gasteiger partial charge in [0.2, 0.25) is 5.91 Å². The summed E-state index contributed by atoms with van der Waals surface area (Å²) in [6, 6.07) is 18.0. The van der Waals surface area contributed by atoms with Crippen molar-refractivity contribution in [2.75, 3.05) is 31.1 Å². The molecule has 0 spiro atoms. The normalized spacial score (nSPS) is 17.2. The van der Waals surface area contributed by atoms with Gasteiger partial charge in [0, 0.05) is 13.1 Å². The molecule has 1 fully saturated rings. The van der Waals surface area contributed by atoms with E-state index in [9.17, 15) is 9.59 Å². The van der Waals surface area contributed by atoms with Crippen LogP contribution in [0, 0.1) is 5.92 Å². The van der Waals surface area contributed by atoms with E-state index in [1.807, 2.05) is 35.2 Å². The van der Waals surface area contributed by atoms with E-state index in [4.69, 9.17) is 4.74 Å². The predicted molar refractivity (Wildman–Crippen MR) is 108 cm³/mol. The van der Waals surface area contributed by atoms with Crippen LogP contribution in [0.3, 0.4) is 0 Å². The topological polar surface area (TPSA) is 49.9 Å². The van der Waals surface area contributed by atoms with Crippen molar-refractivity contribution in [1.29, 1.82) is 0 Å². The zero-order valence-corrected chi connectivity index (χ0v) is 16.0. The Bertz CT molecular complexity index is 829. The van der Waals surface area contributed by atoms with E-state index in [0.717, 1.165) is 32.4 Å². The number of rotatable bonds is 5. The summed E-state index contributed by atoms with van der Waals surface area (Å²) in [4.78, 5) is 28.5. The van der Waals surface area contributed by atoms with E-state index < -0.39 is 0 Å². The highest BCUT2D eigenvalue weighted by Crippen LogP contribution is 2.31. The van der Waals surface area contributed by atoms with Crippen molar-refractivity contribution in [2.24, 2.45) is 5.92 Å². The second kappa shape index (κ2) is 8.46. The maximum atomic E-state index is 12.8. The van der Waals surface area contributed by atoms with Gasteiger partial charge >= 0.3 is 0 Å². The van der Waals surface area contributed by atoms with Crippen molar-refractivity contribution < 1.29 is 14.3 Å². The lowest BCUT2D eigenvalue weighted by Gasteiger charge is -2.35. The lowest BCUT2D eigenvalue weighted by Crippen LogP contribution is -2.48. The minimum absolute atomic E-state index is 0.00808. The third-order valence-electron chi connectivity index (χ3n) is 5.75. The van der Waals surface area contributed by atoms with Crippen LogP contribution < -0.4 is 9.64 Å². The number of carbonyl (C=O) groups is 2. The molecule has 0 atom stereocenters. The van der Waals surface area contributed by atoms with Gasteiger partial charge in [-0.1, -0.05) is 42.5 Å². The molecule has 2 amide bonds. The van der Waals surface area contributed by atoms with Crippen molar-refractivity contribution in [1.82, 2.24) is 4.90 Å². The maximum Gasteiger partial charge on any atom is 0.265 e. The summed E-state index contributed by atoms with van der Waals surface area (Å²) in [6.07, 6.45) is 4.33. The Kier molecular flexibility index (Phi) is 5.60. The second-order valence-corrected chi connectivity index (χ2v) is 7.58. The number of amides is 2. The molecule has 146 valence electrons. The molecule has 0 saturated carbocycles. The van der Waals surface area contributed by atoms with Crippen LogP contribution >= 0.6 is 0 Å². The molecular formula is C23H26N2O3. The van der Waals surface area contributed by atoms with Crippen LogP contribution in [0.25, 0.3) is 0 Å². The minimum atomic E-state index is -0.162. The number of anilines is 1. The van der Waals surface area contributed by atoms with Gasteiger partial charge in [-0.15, -0.1) is 0 Å². The van der Waals surface area contributed by atoms with E-state index in [-0.39, 0.29) is 25.0 Å². The summed E-state index contributed by atoms with van der Waals surface area (Å²) < 4.78 is 5.45. The molecule has 0 aliphatic carbocycles. The van der Waals surface area contributed by atoms with Crippen LogP contribution in [-0.4, -0.2) is 43.0 Å². The highest BCUT2D eigenvalue weighted by Gasteiger charge is 2.30. The molecule has 2 aliphatic rings. The molecule has 2 aromatic rings. The first-order valence-electron chi connectivity index (χ1n) is 10.0. The molecule has 5 heteroatoms. The van der Waals surface area contributed by atoms with Gasteiger partial charge in [-0.05, 0) is 49.3 Å². The first kappa shape index (κ1) is 18.5. The lowest BCUT2D eigenvalue weighted by atomic mass is 9.90. The number of aryl methyl sites for hydroxylation is 1. The Morgan fingerprint density at radius 2 is 1.71 bits per heavy atom. The third kappa shape index (κ3) is 4.19. The summed E-state index contributed by atoms with van der Waals surface area (Å²) in [6.45, 7) is 1.64. The first-order valence-corrected chi connectivity index (χ1v) is 10.0. The number of nitrogens with zero attached hydrogens (tertiary/aromatic N) is 2. The van der Waals surface area contributed by atoms with Crippen LogP contribution in [0.15, 0.2) is 54.6 Å². The predicted octanol–water partition coefficient (Wildman–Crippen LogP) is 3.28. The molecule has 0 N–H and O–H groups in total. The van der Waals surface area contributed by atoms with Crippen LogP contribution in [0.2, 0.25) is 0 Å². The number of para-hydroxylation sites is 2. The highest BCUT2D eigenvalue weighted by molar-refractivity contribution is 6.02. The minimum Gasteiger partial charge on any atom is -0.482 e. The highest BCUT2D eigenvalue weighted by atomic mass is 16.5. The number of piperidine rings is 1. The summed E-state index contributed by atoms with van der Waals surface area (Å²) in [5, 5.41) is 0. The quantitative estimate of drug-likeness (QED) is 0.802. The number of carbonyl (C=O) groups excluding carboxylic acids is 2. The van der Waals surface area contributed by atoms with Crippen LogP contribution in [0.4, 0.5) is 5.69 Å². The molecule has 0 bridgehead atoms. The lowest BCUT2D eigenvalue weighted by molar-refractivity contribution is -0.133. The number of fused-ring (bicyclic) bond motifs is 1. The van der Waals surface area contributed by atoms with E-state index in [1.54, 1.807) is 4.90 Å². The Morgan fingerprint density at radius 1 is 1.00 bits per heavy atom. The zero-order valence-electron chi connectivity index (χ0n) is 16.0. The fraction of sp³-hybridized carbons (Fsp3) is 0.391. The summed E-state index contributed by atoms with van der Waals surface area (Å²) in [5.74, 6) is 1.18. The molecule has 0 radical (unpaired) electrons. The van der Waals surface area contributed by atoms with Gasteiger partial charge in [-0.2, -0.15) is 0 Å². The average molecular weight is 378 g/mol. The van der Waals surface area contributed by atoms with Gasteiger partial charge in [0.15, 0.2) is 6.61 Å². The monoisotopic (exact) mass is 378 g/mol. The van der Waals surface area contributed by atoms with Gasteiger partial charge in [0.25, 0.3) is 5.91 Å². The molecule has 0 unspecified atom stereocenters. The molecular weight excluding hydrogens is 352 g/mol. The third-order valence-corrected chi connectivity index (χ3v) is 5.75. The van der Waals surface area contributed by atoms with Gasteiger partial charge in [0.1, 0.15) is 12.3 Å². The Morgan fingerprint density at radius 3 is 2.50 bits per heavy atom. The van der Waals surface area contributed by atoms with Crippen LogP contribution in [0.5, 0.6) is 5.75 Å². The summed E-state index contributed by atoms with van der Waals surface area (Å²) >= 11 is 0. The zero-order chi connectivity index (χ0) is 19.3. The Hall–Kier alpha value is -2.82. The number of benzene rings is 2.